The molecule has 2 heterocycles. The van der Waals surface area contributed by atoms with E-state index in [0.717, 1.165) is 25.1 Å². The highest BCUT2D eigenvalue weighted by Gasteiger charge is 2.23. The van der Waals surface area contributed by atoms with E-state index >= 15 is 0 Å². The number of benzene rings is 1. The second kappa shape index (κ2) is 7.51. The summed E-state index contributed by atoms with van der Waals surface area (Å²) in [5.41, 5.74) is 0.696. The molecule has 1 saturated heterocycles. The van der Waals surface area contributed by atoms with Crippen LogP contribution in [0.1, 0.15) is 38.4 Å². The molecule has 0 saturated carbocycles. The summed E-state index contributed by atoms with van der Waals surface area (Å²) in [7, 11) is 0. The second-order valence-electron chi connectivity index (χ2n) is 6.51. The molecule has 0 aliphatic carbocycles. The molecule has 25 heavy (non-hydrogen) atoms. The number of hydrogen-bond acceptors (Lipinski definition) is 4. The number of amides is 1. The Labute approximate surface area is 146 Å². The Bertz CT molecular complexity index is 768. The third-order valence-electron chi connectivity index (χ3n) is 4.71. The van der Waals surface area contributed by atoms with E-state index in [1.165, 1.54) is 18.6 Å². The number of hydrogen-bond donors (Lipinski definition) is 0. The maximum absolute atomic E-state index is 12.4. The number of non-ortho nitro benzene ring substituents is 1. The molecule has 1 fully saturated rings. The Morgan fingerprint density at radius 3 is 2.92 bits per heavy atom. The third kappa shape index (κ3) is 4.07. The molecule has 1 aromatic carbocycles. The first-order valence-corrected chi connectivity index (χ1v) is 8.67. The van der Waals surface area contributed by atoms with Crippen molar-refractivity contribution in [3.8, 4) is 11.3 Å². The lowest BCUT2D eigenvalue weighted by molar-refractivity contribution is -0.384. The number of nitro benzene ring substituents is 1. The van der Waals surface area contributed by atoms with Crippen LogP contribution in [0.3, 0.4) is 0 Å². The Morgan fingerprint density at radius 1 is 1.32 bits per heavy atom. The van der Waals surface area contributed by atoms with Crippen molar-refractivity contribution in [3.63, 3.8) is 0 Å². The molecule has 132 valence electrons. The summed E-state index contributed by atoms with van der Waals surface area (Å²) < 4.78 is 5.78. The highest BCUT2D eigenvalue weighted by molar-refractivity contribution is 5.76. The van der Waals surface area contributed by atoms with Gasteiger partial charge in [0.1, 0.15) is 11.5 Å². The number of rotatable bonds is 5. The first kappa shape index (κ1) is 17.2. The average Bonchev–Trinajstić information content (AvgIpc) is 3.09. The lowest BCUT2D eigenvalue weighted by Gasteiger charge is -2.33. The van der Waals surface area contributed by atoms with Crippen molar-refractivity contribution in [3.05, 3.63) is 52.3 Å². The summed E-state index contributed by atoms with van der Waals surface area (Å²) in [6, 6.07) is 10.3. The fourth-order valence-corrected chi connectivity index (χ4v) is 3.28. The largest absolute Gasteiger partial charge is 0.461 e. The standard InChI is InChI=1S/C19H22N2O4/c1-14-5-2-3-12-20(14)19(22)11-9-17-8-10-18(25-17)15-6-4-7-16(13-15)21(23)24/h4,6-8,10,13-14H,2-3,5,9,11-12H2,1H3. The van der Waals surface area contributed by atoms with Crippen LogP contribution in [-0.4, -0.2) is 28.3 Å². The zero-order chi connectivity index (χ0) is 17.8. The Balaban J connectivity index is 1.63. The molecule has 0 bridgehead atoms. The van der Waals surface area contributed by atoms with Crippen molar-refractivity contribution in [2.45, 2.75) is 45.1 Å². The van der Waals surface area contributed by atoms with Gasteiger partial charge in [0, 0.05) is 43.1 Å². The number of nitro groups is 1. The predicted octanol–water partition coefficient (Wildman–Crippen LogP) is 4.19. The van der Waals surface area contributed by atoms with E-state index in [1.807, 2.05) is 11.0 Å². The summed E-state index contributed by atoms with van der Waals surface area (Å²) in [5.74, 6) is 1.47. The van der Waals surface area contributed by atoms with Gasteiger partial charge in [-0.3, -0.25) is 14.9 Å². The molecule has 1 unspecified atom stereocenters. The Morgan fingerprint density at radius 2 is 2.16 bits per heavy atom. The molecular formula is C19H22N2O4. The molecule has 6 heteroatoms. The zero-order valence-electron chi connectivity index (χ0n) is 14.3. The minimum atomic E-state index is -0.425. The van der Waals surface area contributed by atoms with Crippen molar-refractivity contribution >= 4 is 11.6 Å². The monoisotopic (exact) mass is 342 g/mol. The third-order valence-corrected chi connectivity index (χ3v) is 4.71. The van der Waals surface area contributed by atoms with Gasteiger partial charge in [0.2, 0.25) is 5.91 Å². The lowest BCUT2D eigenvalue weighted by Crippen LogP contribution is -2.42. The summed E-state index contributed by atoms with van der Waals surface area (Å²) in [6.07, 6.45) is 4.30. The van der Waals surface area contributed by atoms with Gasteiger partial charge in [-0.25, -0.2) is 0 Å². The number of carbonyl (C=O) groups is 1. The molecule has 2 aromatic rings. The maximum Gasteiger partial charge on any atom is 0.270 e. The van der Waals surface area contributed by atoms with E-state index in [9.17, 15) is 14.9 Å². The molecule has 1 aromatic heterocycles. The van der Waals surface area contributed by atoms with Crippen molar-refractivity contribution in [1.29, 1.82) is 0 Å². The van der Waals surface area contributed by atoms with Gasteiger partial charge in [-0.1, -0.05) is 12.1 Å². The lowest BCUT2D eigenvalue weighted by atomic mass is 10.0. The SMILES string of the molecule is CC1CCCCN1C(=O)CCc1ccc(-c2cccc([N+](=O)[O-])c2)o1. The molecule has 1 aliphatic rings. The van der Waals surface area contributed by atoms with Gasteiger partial charge in [0.15, 0.2) is 0 Å². The predicted molar refractivity (Wildman–Crippen MR) is 94.1 cm³/mol. The van der Waals surface area contributed by atoms with Gasteiger partial charge < -0.3 is 9.32 Å². The van der Waals surface area contributed by atoms with Crippen LogP contribution in [0.15, 0.2) is 40.8 Å². The average molecular weight is 342 g/mol. The molecule has 6 nitrogen and oxygen atoms in total. The van der Waals surface area contributed by atoms with E-state index in [0.29, 0.717) is 30.2 Å². The minimum Gasteiger partial charge on any atom is -0.461 e. The molecule has 1 atom stereocenters. The van der Waals surface area contributed by atoms with E-state index in [2.05, 4.69) is 6.92 Å². The quantitative estimate of drug-likeness (QED) is 0.603. The first-order valence-electron chi connectivity index (χ1n) is 8.67. The highest BCUT2D eigenvalue weighted by atomic mass is 16.6. The molecule has 1 aliphatic heterocycles. The Hall–Kier alpha value is -2.63. The summed E-state index contributed by atoms with van der Waals surface area (Å²) >= 11 is 0. The summed E-state index contributed by atoms with van der Waals surface area (Å²) in [5, 5.41) is 10.9. The smallest absolute Gasteiger partial charge is 0.270 e. The van der Waals surface area contributed by atoms with Crippen molar-refractivity contribution in [2.24, 2.45) is 0 Å². The number of carbonyl (C=O) groups excluding carboxylic acids is 1. The van der Waals surface area contributed by atoms with Gasteiger partial charge in [-0.15, -0.1) is 0 Å². The van der Waals surface area contributed by atoms with Crippen LogP contribution in [-0.2, 0) is 11.2 Å². The molecule has 1 amide bonds. The van der Waals surface area contributed by atoms with Gasteiger partial charge in [0.05, 0.1) is 4.92 Å². The Kier molecular flexibility index (Phi) is 5.16. The summed E-state index contributed by atoms with van der Waals surface area (Å²) in [4.78, 5) is 24.8. The van der Waals surface area contributed by atoms with Crippen LogP contribution >= 0.6 is 0 Å². The van der Waals surface area contributed by atoms with Crippen molar-refractivity contribution in [1.82, 2.24) is 4.90 Å². The minimum absolute atomic E-state index is 0.0321. The van der Waals surface area contributed by atoms with Crippen LogP contribution in [0.5, 0.6) is 0 Å². The van der Waals surface area contributed by atoms with Crippen LogP contribution in [0.25, 0.3) is 11.3 Å². The van der Waals surface area contributed by atoms with Crippen molar-refractivity contribution in [2.75, 3.05) is 6.54 Å². The fourth-order valence-electron chi connectivity index (χ4n) is 3.28. The number of piperidine rings is 1. The topological polar surface area (TPSA) is 76.6 Å². The zero-order valence-corrected chi connectivity index (χ0v) is 14.3. The first-order chi connectivity index (χ1) is 12.0. The van der Waals surface area contributed by atoms with Crippen LogP contribution < -0.4 is 0 Å². The second-order valence-corrected chi connectivity index (χ2v) is 6.51. The number of likely N-dealkylation sites (tertiary alicyclic amines) is 1. The van der Waals surface area contributed by atoms with Crippen LogP contribution in [0.2, 0.25) is 0 Å². The molecule has 0 N–H and O–H groups in total. The van der Waals surface area contributed by atoms with E-state index in [1.54, 1.807) is 18.2 Å². The van der Waals surface area contributed by atoms with Crippen LogP contribution in [0.4, 0.5) is 5.69 Å². The summed E-state index contributed by atoms with van der Waals surface area (Å²) in [6.45, 7) is 2.95. The van der Waals surface area contributed by atoms with E-state index < -0.39 is 4.92 Å². The molecule has 0 radical (unpaired) electrons. The normalized spacial score (nSPS) is 17.5. The maximum atomic E-state index is 12.4. The fraction of sp³-hybridized carbons (Fsp3) is 0.421. The molecule has 0 spiro atoms. The number of nitrogens with zero attached hydrogens (tertiary/aromatic N) is 2. The van der Waals surface area contributed by atoms with Gasteiger partial charge in [0.25, 0.3) is 5.69 Å². The number of aryl methyl sites for hydroxylation is 1. The highest BCUT2D eigenvalue weighted by Crippen LogP contribution is 2.26. The van der Waals surface area contributed by atoms with E-state index in [4.69, 9.17) is 4.42 Å². The molecule has 3 rings (SSSR count). The van der Waals surface area contributed by atoms with E-state index in [-0.39, 0.29) is 11.6 Å². The van der Waals surface area contributed by atoms with Crippen molar-refractivity contribution < 1.29 is 14.1 Å². The van der Waals surface area contributed by atoms with Gasteiger partial charge in [-0.05, 0) is 38.3 Å². The molecular weight excluding hydrogens is 320 g/mol. The number of furan rings is 1. The van der Waals surface area contributed by atoms with Gasteiger partial charge in [-0.2, -0.15) is 0 Å². The van der Waals surface area contributed by atoms with Gasteiger partial charge >= 0.3 is 0 Å². The van der Waals surface area contributed by atoms with Crippen LogP contribution in [0, 0.1) is 10.1 Å².